The van der Waals surface area contributed by atoms with Crippen molar-refractivity contribution in [1.82, 2.24) is 0 Å². The summed E-state index contributed by atoms with van der Waals surface area (Å²) in [5.41, 5.74) is 7.66. The molecule has 0 aliphatic heterocycles. The quantitative estimate of drug-likeness (QED) is 0.0336. The minimum Gasteiger partial charge on any atom is -0.508 e. The molecule has 0 heterocycles. The Morgan fingerprint density at radius 2 is 1.05 bits per heavy atom. The van der Waals surface area contributed by atoms with Crippen LogP contribution in [0.2, 0.25) is 0 Å². The first-order valence-corrected chi connectivity index (χ1v) is 32.7. The first-order chi connectivity index (χ1) is 36.8. The van der Waals surface area contributed by atoms with E-state index in [9.17, 15) is 15.0 Å². The fraction of sp³-hybridized carbons (Fsp3) is 0.732. The smallest absolute Gasteiger partial charge is 0.306 e. The zero-order chi connectivity index (χ0) is 53.8. The van der Waals surface area contributed by atoms with E-state index < -0.39 is 5.41 Å². The largest absolute Gasteiger partial charge is 0.508 e. The van der Waals surface area contributed by atoms with Gasteiger partial charge in [0.25, 0.3) is 0 Å². The zero-order valence-corrected chi connectivity index (χ0v) is 49.8. The van der Waals surface area contributed by atoms with Gasteiger partial charge >= 0.3 is 5.97 Å². The van der Waals surface area contributed by atoms with Crippen LogP contribution in [0.3, 0.4) is 0 Å². The maximum Gasteiger partial charge on any atom is 0.306 e. The van der Waals surface area contributed by atoms with Crippen LogP contribution in [-0.2, 0) is 21.4 Å². The van der Waals surface area contributed by atoms with Crippen LogP contribution in [0.5, 0.6) is 11.5 Å². The number of aromatic hydroxyl groups is 2. The summed E-state index contributed by atoms with van der Waals surface area (Å²) in [7, 11) is 0. The van der Waals surface area contributed by atoms with Crippen molar-refractivity contribution >= 4 is 5.97 Å². The van der Waals surface area contributed by atoms with Crippen LogP contribution in [-0.4, -0.2) is 22.3 Å². The lowest BCUT2D eigenvalue weighted by Crippen LogP contribution is -2.34. The average Bonchev–Trinajstić information content (AvgIpc) is 3.44. The Kier molecular flexibility index (Phi) is 33.5. The number of rotatable bonds is 44. The van der Waals surface area contributed by atoms with Gasteiger partial charge in [-0.25, -0.2) is 0 Å². The summed E-state index contributed by atoms with van der Waals surface area (Å²) >= 11 is 0. The molecular formula is C71H116O4. The molecule has 3 unspecified atom stereocenters. The fourth-order valence-electron chi connectivity index (χ4n) is 13.6. The van der Waals surface area contributed by atoms with E-state index in [1.807, 2.05) is 12.1 Å². The molecule has 0 radical (unpaired) electrons. The highest BCUT2D eigenvalue weighted by Gasteiger charge is 2.44. The predicted octanol–water partition coefficient (Wildman–Crippen LogP) is 22.5. The van der Waals surface area contributed by atoms with Gasteiger partial charge in [-0.1, -0.05) is 270 Å². The number of benzene rings is 3. The Morgan fingerprint density at radius 3 is 1.55 bits per heavy atom. The molecule has 0 aromatic heterocycles. The van der Waals surface area contributed by atoms with E-state index in [0.717, 1.165) is 107 Å². The molecular weight excluding hydrogens is 917 g/mol. The van der Waals surface area contributed by atoms with Gasteiger partial charge in [0.15, 0.2) is 0 Å². The summed E-state index contributed by atoms with van der Waals surface area (Å²) < 4.78 is 6.09. The van der Waals surface area contributed by atoms with E-state index in [4.69, 9.17) is 4.74 Å². The third-order valence-electron chi connectivity index (χ3n) is 17.7. The van der Waals surface area contributed by atoms with Crippen molar-refractivity contribution in [2.75, 3.05) is 0 Å². The second-order valence-corrected chi connectivity index (χ2v) is 23.9. The van der Waals surface area contributed by atoms with Gasteiger partial charge in [-0.15, -0.1) is 0 Å². The summed E-state index contributed by atoms with van der Waals surface area (Å²) in [4.78, 5) is 13.5. The molecule has 0 spiro atoms. The Labute approximate surface area is 463 Å². The highest BCUT2D eigenvalue weighted by molar-refractivity contribution is 5.69. The first kappa shape index (κ1) is 64.3. The third kappa shape index (κ3) is 22.2. The molecule has 1 fully saturated rings. The van der Waals surface area contributed by atoms with Gasteiger partial charge in [0, 0.05) is 23.0 Å². The molecule has 1 saturated carbocycles. The summed E-state index contributed by atoms with van der Waals surface area (Å²) in [6, 6.07) is 19.5. The van der Waals surface area contributed by atoms with Gasteiger partial charge in [0.1, 0.15) is 17.6 Å². The van der Waals surface area contributed by atoms with Crippen LogP contribution in [0.15, 0.2) is 54.6 Å². The highest BCUT2D eigenvalue weighted by atomic mass is 16.5. The minimum atomic E-state index is -0.720. The van der Waals surface area contributed by atoms with Crippen molar-refractivity contribution in [3.05, 3.63) is 93.5 Å². The summed E-state index contributed by atoms with van der Waals surface area (Å²) in [5, 5.41) is 25.4. The van der Waals surface area contributed by atoms with Gasteiger partial charge < -0.3 is 14.9 Å². The van der Waals surface area contributed by atoms with E-state index in [1.165, 1.54) is 196 Å². The van der Waals surface area contributed by atoms with Gasteiger partial charge in [-0.05, 0) is 129 Å². The van der Waals surface area contributed by atoms with Crippen molar-refractivity contribution in [3.8, 4) is 11.5 Å². The molecule has 4 rings (SSSR count). The molecule has 4 heteroatoms. The molecule has 1 aliphatic carbocycles. The van der Waals surface area contributed by atoms with E-state index in [-0.39, 0.29) is 23.9 Å². The zero-order valence-electron chi connectivity index (χ0n) is 49.8. The van der Waals surface area contributed by atoms with Crippen LogP contribution in [0.25, 0.3) is 0 Å². The Morgan fingerprint density at radius 1 is 0.533 bits per heavy atom. The molecule has 75 heavy (non-hydrogen) atoms. The lowest BCUT2D eigenvalue weighted by atomic mass is 9.60. The van der Waals surface area contributed by atoms with Gasteiger partial charge in [0.05, 0.1) is 0 Å². The second-order valence-electron chi connectivity index (χ2n) is 23.9. The van der Waals surface area contributed by atoms with Gasteiger partial charge in [-0.2, -0.15) is 0 Å². The van der Waals surface area contributed by atoms with Crippen LogP contribution in [0, 0.1) is 6.92 Å². The average molecular weight is 1030 g/mol. The molecule has 3 atom stereocenters. The molecule has 4 nitrogen and oxygen atoms in total. The molecule has 0 amide bonds. The standard InChI is InChI=1S/C71H116O4/c1-7-12-14-16-18-20-22-24-26-28-30-32-36-48-59(11-5)68-63(46-10-4)70(64(57-66(68)73)60(45-9-3)49-37-33-31-29-27-25-23-21-19-17-15-13-8-2)71(61-50-38-34-39-51-61,69-58(6)47-44-54-65(69)72)56-43-42-55-67(74)75-62-52-40-35-41-53-62/h34,38-39,44,47,50-51,54,57,59-60,62,72-73H,7-33,35-37,40-43,45-46,48-49,52-53,55-56H2,1-6H3. The fourth-order valence-corrected chi connectivity index (χ4v) is 13.6. The SMILES string of the molecule is CCCCCCCCCCCCCCCC(CCC)c1cc(O)c(C(CC)CCCCCCCCCCCCCCC)c(CCC)c1C(CCCCC(=O)OC1CCCCC1)(c1ccccc1)c1c(C)cccc1O. The summed E-state index contributed by atoms with van der Waals surface area (Å²) in [6.07, 6.45) is 50.3. The number of unbranched alkanes of at least 4 members (excludes halogenated alkanes) is 25. The summed E-state index contributed by atoms with van der Waals surface area (Å²) in [6.45, 7) is 13.8. The van der Waals surface area contributed by atoms with E-state index in [2.05, 4.69) is 84.0 Å². The van der Waals surface area contributed by atoms with Crippen LogP contribution < -0.4 is 0 Å². The minimum absolute atomic E-state index is 0.0600. The molecule has 1 aliphatic rings. The van der Waals surface area contributed by atoms with Crippen LogP contribution in [0.1, 0.15) is 349 Å². The Bertz CT molecular complexity index is 1890. The number of ether oxygens (including phenoxy) is 1. The topological polar surface area (TPSA) is 66.8 Å². The number of carbonyl (C=O) groups is 1. The molecule has 0 bridgehead atoms. The van der Waals surface area contributed by atoms with E-state index in [0.29, 0.717) is 17.9 Å². The number of esters is 1. The second kappa shape index (κ2) is 39.1. The van der Waals surface area contributed by atoms with Crippen molar-refractivity contribution in [2.45, 2.75) is 335 Å². The monoisotopic (exact) mass is 1030 g/mol. The Balaban J connectivity index is 1.74. The van der Waals surface area contributed by atoms with Crippen molar-refractivity contribution in [3.63, 3.8) is 0 Å². The first-order valence-electron chi connectivity index (χ1n) is 32.7. The van der Waals surface area contributed by atoms with Crippen molar-refractivity contribution < 1.29 is 19.7 Å². The number of aryl methyl sites for hydroxylation is 1. The molecule has 3 aromatic carbocycles. The maximum atomic E-state index is 13.5. The molecule has 0 saturated heterocycles. The van der Waals surface area contributed by atoms with Crippen molar-refractivity contribution in [2.24, 2.45) is 0 Å². The normalized spacial score (nSPS) is 14.7. The number of hydrogen-bond donors (Lipinski definition) is 2. The maximum absolute atomic E-state index is 13.5. The molecule has 3 aromatic rings. The van der Waals surface area contributed by atoms with Crippen LogP contribution >= 0.6 is 0 Å². The van der Waals surface area contributed by atoms with Crippen LogP contribution in [0.4, 0.5) is 0 Å². The number of phenols is 2. The Hall–Kier alpha value is -3.27. The lowest BCUT2D eigenvalue weighted by molar-refractivity contribution is -0.150. The number of hydrogen-bond acceptors (Lipinski definition) is 4. The summed E-state index contributed by atoms with van der Waals surface area (Å²) in [5.74, 6) is 1.28. The third-order valence-corrected chi connectivity index (χ3v) is 17.7. The lowest BCUT2D eigenvalue weighted by Gasteiger charge is -2.43. The molecule has 2 N–H and O–H groups in total. The van der Waals surface area contributed by atoms with Gasteiger partial charge in [-0.3, -0.25) is 4.79 Å². The predicted molar refractivity (Wildman–Crippen MR) is 324 cm³/mol. The molecule has 424 valence electrons. The van der Waals surface area contributed by atoms with E-state index >= 15 is 0 Å². The number of carbonyl (C=O) groups excluding carboxylic acids is 1. The van der Waals surface area contributed by atoms with Gasteiger partial charge in [0.2, 0.25) is 0 Å². The number of phenolic OH excluding ortho intramolecular Hbond substituents is 2. The van der Waals surface area contributed by atoms with E-state index in [1.54, 1.807) is 0 Å². The highest BCUT2D eigenvalue weighted by Crippen LogP contribution is 2.55. The van der Waals surface area contributed by atoms with Crippen molar-refractivity contribution in [1.29, 1.82) is 0 Å².